The molecule has 2 heterocycles. The molecule has 0 bridgehead atoms. The fourth-order valence-electron chi connectivity index (χ4n) is 4.02. The highest BCUT2D eigenvalue weighted by Crippen LogP contribution is 2.32. The fraction of sp³-hybridized carbons (Fsp3) is 0.333. The number of methoxy groups -OCH3 is 2. The summed E-state index contributed by atoms with van der Waals surface area (Å²) >= 11 is 5.97. The summed E-state index contributed by atoms with van der Waals surface area (Å²) < 4.78 is 10.7. The molecule has 32 heavy (non-hydrogen) atoms. The van der Waals surface area contributed by atoms with Gasteiger partial charge in [-0.15, -0.1) is 0 Å². The van der Waals surface area contributed by atoms with Crippen molar-refractivity contribution >= 4 is 35.2 Å². The van der Waals surface area contributed by atoms with E-state index < -0.39 is 0 Å². The van der Waals surface area contributed by atoms with E-state index in [4.69, 9.17) is 21.1 Å². The highest BCUT2D eigenvalue weighted by Gasteiger charge is 2.26. The Morgan fingerprint density at radius 2 is 1.66 bits per heavy atom. The van der Waals surface area contributed by atoms with Gasteiger partial charge in [-0.1, -0.05) is 11.6 Å². The number of benzene rings is 2. The summed E-state index contributed by atoms with van der Waals surface area (Å²) in [4.78, 5) is 31.3. The van der Waals surface area contributed by atoms with Crippen molar-refractivity contribution in [3.63, 3.8) is 0 Å². The molecule has 2 aromatic rings. The number of fused-ring (bicyclic) bond motifs is 1. The molecule has 8 heteroatoms. The van der Waals surface area contributed by atoms with Crippen LogP contribution in [0.5, 0.6) is 11.5 Å². The minimum absolute atomic E-state index is 0.0263. The van der Waals surface area contributed by atoms with E-state index in [1.807, 2.05) is 47.4 Å². The maximum absolute atomic E-state index is 12.9. The minimum atomic E-state index is -0.125. The first kappa shape index (κ1) is 22.0. The number of hydrogen-bond donors (Lipinski definition) is 0. The molecule has 0 radical (unpaired) electrons. The zero-order valence-corrected chi connectivity index (χ0v) is 19.0. The number of carbonyl (C=O) groups excluding carboxylic acids is 2. The van der Waals surface area contributed by atoms with Crippen molar-refractivity contribution in [3.05, 3.63) is 58.7 Å². The predicted octanol–water partition coefficient (Wildman–Crippen LogP) is 3.06. The summed E-state index contributed by atoms with van der Waals surface area (Å²) in [6, 6.07) is 11.4. The lowest BCUT2D eigenvalue weighted by atomic mass is 10.0. The van der Waals surface area contributed by atoms with Gasteiger partial charge in [-0.2, -0.15) is 0 Å². The first-order chi connectivity index (χ1) is 15.5. The number of ether oxygens (including phenoxy) is 2. The molecule has 7 nitrogen and oxygen atoms in total. The molecule has 0 aliphatic carbocycles. The van der Waals surface area contributed by atoms with Crippen LogP contribution >= 0.6 is 11.6 Å². The lowest BCUT2D eigenvalue weighted by Gasteiger charge is -2.36. The zero-order valence-electron chi connectivity index (χ0n) is 18.2. The smallest absolute Gasteiger partial charge is 0.242 e. The quantitative estimate of drug-likeness (QED) is 0.693. The van der Waals surface area contributed by atoms with Gasteiger partial charge in [-0.3, -0.25) is 9.59 Å². The minimum Gasteiger partial charge on any atom is -0.493 e. The Hall–Kier alpha value is -3.19. The summed E-state index contributed by atoms with van der Waals surface area (Å²) in [7, 11) is 3.14. The van der Waals surface area contributed by atoms with Gasteiger partial charge in [0.05, 0.1) is 20.6 Å². The largest absolute Gasteiger partial charge is 0.493 e. The Bertz CT molecular complexity index is 1030. The van der Waals surface area contributed by atoms with Crippen LogP contribution in [0.4, 0.5) is 5.69 Å². The van der Waals surface area contributed by atoms with Gasteiger partial charge in [0.15, 0.2) is 11.5 Å². The molecule has 0 aromatic heterocycles. The summed E-state index contributed by atoms with van der Waals surface area (Å²) in [5.74, 6) is 1.00. The van der Waals surface area contributed by atoms with E-state index in [1.54, 1.807) is 20.4 Å². The molecule has 0 spiro atoms. The summed E-state index contributed by atoms with van der Waals surface area (Å²) in [5, 5.41) is 0.705. The van der Waals surface area contributed by atoms with Crippen LogP contribution in [0, 0.1) is 0 Å². The molecule has 2 aromatic carbocycles. The third-order valence-electron chi connectivity index (χ3n) is 5.87. The first-order valence-corrected chi connectivity index (χ1v) is 10.9. The molecule has 0 atom stereocenters. The highest BCUT2D eigenvalue weighted by atomic mass is 35.5. The van der Waals surface area contributed by atoms with Gasteiger partial charge in [0.2, 0.25) is 11.8 Å². The van der Waals surface area contributed by atoms with Gasteiger partial charge < -0.3 is 24.2 Å². The average molecular weight is 456 g/mol. The van der Waals surface area contributed by atoms with E-state index in [-0.39, 0.29) is 24.8 Å². The summed E-state index contributed by atoms with van der Waals surface area (Å²) in [5.41, 5.74) is 2.81. The molecular weight excluding hydrogens is 430 g/mol. The SMILES string of the molecule is COc1cc2c(cc1OC)CC(=O)N(CC(=O)N1CCN(c3ccc(Cl)cc3)CC1)C=C2. The van der Waals surface area contributed by atoms with Crippen LogP contribution in [0.2, 0.25) is 5.02 Å². The van der Waals surface area contributed by atoms with Crippen LogP contribution < -0.4 is 14.4 Å². The van der Waals surface area contributed by atoms with Crippen molar-refractivity contribution in [1.82, 2.24) is 9.80 Å². The molecule has 2 amide bonds. The third-order valence-corrected chi connectivity index (χ3v) is 6.12. The topological polar surface area (TPSA) is 62.3 Å². The normalized spacial score (nSPS) is 16.0. The van der Waals surface area contributed by atoms with Crippen molar-refractivity contribution < 1.29 is 19.1 Å². The fourth-order valence-corrected chi connectivity index (χ4v) is 4.14. The molecule has 0 N–H and O–H groups in total. The monoisotopic (exact) mass is 455 g/mol. The van der Waals surface area contributed by atoms with E-state index >= 15 is 0 Å². The lowest BCUT2D eigenvalue weighted by molar-refractivity contribution is -0.138. The Morgan fingerprint density at radius 1 is 1.00 bits per heavy atom. The molecule has 168 valence electrons. The summed E-state index contributed by atoms with van der Waals surface area (Å²) in [6.07, 6.45) is 3.72. The van der Waals surface area contributed by atoms with Crippen LogP contribution in [0.1, 0.15) is 11.1 Å². The van der Waals surface area contributed by atoms with Gasteiger partial charge in [-0.25, -0.2) is 0 Å². The van der Waals surface area contributed by atoms with Gasteiger partial charge in [0.1, 0.15) is 6.54 Å². The van der Waals surface area contributed by atoms with Crippen molar-refractivity contribution in [1.29, 1.82) is 0 Å². The van der Waals surface area contributed by atoms with Crippen LogP contribution in [0.25, 0.3) is 6.08 Å². The molecule has 4 rings (SSSR count). The van der Waals surface area contributed by atoms with Crippen LogP contribution in [0.3, 0.4) is 0 Å². The lowest BCUT2D eigenvalue weighted by Crippen LogP contribution is -2.51. The molecule has 1 fully saturated rings. The maximum atomic E-state index is 12.9. The predicted molar refractivity (Wildman–Crippen MR) is 124 cm³/mol. The molecule has 0 saturated carbocycles. The number of nitrogens with zero attached hydrogens (tertiary/aromatic N) is 3. The second-order valence-corrected chi connectivity index (χ2v) is 8.20. The van der Waals surface area contributed by atoms with Crippen molar-refractivity contribution in [2.24, 2.45) is 0 Å². The van der Waals surface area contributed by atoms with Crippen LogP contribution in [-0.4, -0.2) is 68.6 Å². The number of rotatable bonds is 5. The van der Waals surface area contributed by atoms with Crippen molar-refractivity contribution in [2.45, 2.75) is 6.42 Å². The molecule has 1 saturated heterocycles. The molecule has 2 aliphatic rings. The van der Waals surface area contributed by atoms with Gasteiger partial charge in [0.25, 0.3) is 0 Å². The van der Waals surface area contributed by atoms with E-state index in [0.29, 0.717) is 29.6 Å². The van der Waals surface area contributed by atoms with Crippen LogP contribution in [0.15, 0.2) is 42.6 Å². The van der Waals surface area contributed by atoms with Crippen molar-refractivity contribution in [2.75, 3.05) is 51.8 Å². The van der Waals surface area contributed by atoms with Gasteiger partial charge >= 0.3 is 0 Å². The van der Waals surface area contributed by atoms with Gasteiger partial charge in [-0.05, 0) is 53.6 Å². The number of anilines is 1. The zero-order chi connectivity index (χ0) is 22.7. The number of piperazine rings is 1. The number of carbonyl (C=O) groups is 2. The van der Waals surface area contributed by atoms with Crippen molar-refractivity contribution in [3.8, 4) is 11.5 Å². The number of hydrogen-bond acceptors (Lipinski definition) is 5. The number of amides is 2. The Kier molecular flexibility index (Phi) is 6.55. The maximum Gasteiger partial charge on any atom is 0.242 e. The molecule has 0 unspecified atom stereocenters. The van der Waals surface area contributed by atoms with E-state index in [0.717, 1.165) is 29.9 Å². The summed E-state index contributed by atoms with van der Waals surface area (Å²) in [6.45, 7) is 2.73. The van der Waals surface area contributed by atoms with E-state index in [1.165, 1.54) is 4.90 Å². The standard InChI is InChI=1S/C24H26ClN3O4/c1-31-21-13-17-7-8-28(23(29)15-18(17)14-22(21)32-2)16-24(30)27-11-9-26(10-12-27)20-5-3-19(25)4-6-20/h3-8,13-14H,9-12,15-16H2,1-2H3. The molecular formula is C24H26ClN3O4. The van der Waals surface area contributed by atoms with E-state index in [2.05, 4.69) is 4.90 Å². The molecule has 2 aliphatic heterocycles. The van der Waals surface area contributed by atoms with Gasteiger partial charge in [0, 0.05) is 43.1 Å². The average Bonchev–Trinajstić information content (AvgIpc) is 2.96. The highest BCUT2D eigenvalue weighted by molar-refractivity contribution is 6.30. The van der Waals surface area contributed by atoms with E-state index in [9.17, 15) is 9.59 Å². The van der Waals surface area contributed by atoms with Crippen LogP contribution in [-0.2, 0) is 16.0 Å². The Labute approximate surface area is 192 Å². The third kappa shape index (κ3) is 4.67. The number of halogens is 1. The Balaban J connectivity index is 1.38. The second kappa shape index (κ2) is 9.53. The first-order valence-electron chi connectivity index (χ1n) is 10.5. The Morgan fingerprint density at radius 3 is 2.31 bits per heavy atom. The second-order valence-electron chi connectivity index (χ2n) is 7.76.